The van der Waals surface area contributed by atoms with Crippen LogP contribution in [0.2, 0.25) is 0 Å². The van der Waals surface area contributed by atoms with Gasteiger partial charge >= 0.3 is 0 Å². The van der Waals surface area contributed by atoms with Crippen molar-refractivity contribution in [2.24, 2.45) is 4.99 Å². The molecule has 0 aromatic heterocycles. The Morgan fingerprint density at radius 3 is 1.92 bits per heavy atom. The van der Waals surface area contributed by atoms with Gasteiger partial charge in [-0.3, -0.25) is 4.99 Å². The molecule has 3 heteroatoms. The third-order valence-corrected chi connectivity index (χ3v) is 0.800. The third kappa shape index (κ3) is 7.12. The molecule has 0 aromatic rings. The molecule has 0 bridgehead atoms. The molecule has 0 aliphatic rings. The second-order valence-electron chi connectivity index (χ2n) is 1.87. The topological polar surface area (TPSA) is 12.4 Å². The lowest BCUT2D eigenvalue weighted by atomic mass is 10.3. The van der Waals surface area contributed by atoms with Gasteiger partial charge in [0.15, 0.2) is 0 Å². The van der Waals surface area contributed by atoms with Crippen molar-refractivity contribution in [2.75, 3.05) is 0 Å². The van der Waals surface area contributed by atoms with Crippen molar-refractivity contribution in [1.82, 2.24) is 0 Å². The standard InChI is InChI=1S/C7H9F2N.C2H6/c1-5(2)4-6(10-3)7(8)9;1-2/h4,7H,1,3H2,2H3;1-2H3/b6-4-;. The van der Waals surface area contributed by atoms with Gasteiger partial charge in [-0.1, -0.05) is 26.0 Å². The van der Waals surface area contributed by atoms with Gasteiger partial charge in [-0.05, 0) is 19.7 Å². The highest BCUT2D eigenvalue weighted by Gasteiger charge is 2.06. The molecule has 0 aromatic carbocycles. The minimum atomic E-state index is -2.56. The smallest absolute Gasteiger partial charge is 0.263 e. The fraction of sp³-hybridized carbons (Fsp3) is 0.444. The number of rotatable bonds is 3. The number of allylic oxidation sites excluding steroid dienone is 3. The Bertz CT molecular complexity index is 171. The number of halogens is 2. The van der Waals surface area contributed by atoms with Crippen LogP contribution in [-0.2, 0) is 0 Å². The van der Waals surface area contributed by atoms with Gasteiger partial charge in [0.2, 0.25) is 0 Å². The molecule has 1 nitrogen and oxygen atoms in total. The second-order valence-corrected chi connectivity index (χ2v) is 1.87. The van der Waals surface area contributed by atoms with Crippen LogP contribution < -0.4 is 0 Å². The highest BCUT2D eigenvalue weighted by molar-refractivity contribution is 5.32. The zero-order valence-corrected chi connectivity index (χ0v) is 7.77. The Morgan fingerprint density at radius 1 is 1.42 bits per heavy atom. The van der Waals surface area contributed by atoms with Gasteiger partial charge in [0, 0.05) is 0 Å². The zero-order chi connectivity index (χ0) is 10.1. The van der Waals surface area contributed by atoms with Crippen molar-refractivity contribution in [3.63, 3.8) is 0 Å². The van der Waals surface area contributed by atoms with Crippen LogP contribution in [0.25, 0.3) is 0 Å². The van der Waals surface area contributed by atoms with Crippen LogP contribution in [0.1, 0.15) is 20.8 Å². The van der Waals surface area contributed by atoms with Gasteiger partial charge in [-0.15, -0.1) is 0 Å². The molecule has 0 heterocycles. The second kappa shape index (κ2) is 8.11. The first-order valence-corrected chi connectivity index (χ1v) is 3.70. The van der Waals surface area contributed by atoms with E-state index in [1.54, 1.807) is 6.92 Å². The van der Waals surface area contributed by atoms with Crippen molar-refractivity contribution in [3.05, 3.63) is 23.9 Å². The Kier molecular flexibility index (Phi) is 9.18. The third-order valence-electron chi connectivity index (χ3n) is 0.800. The molecule has 0 atom stereocenters. The molecule has 0 aliphatic carbocycles. The highest BCUT2D eigenvalue weighted by atomic mass is 19.3. The molecule has 0 aliphatic heterocycles. The molecule has 70 valence electrons. The fourth-order valence-corrected chi connectivity index (χ4v) is 0.430. The molecular formula is C9H15F2N. The maximum atomic E-state index is 11.8. The number of aliphatic imine (C=N–C) groups is 1. The van der Waals surface area contributed by atoms with E-state index in [1.807, 2.05) is 13.8 Å². The van der Waals surface area contributed by atoms with Gasteiger partial charge < -0.3 is 0 Å². The normalized spacial score (nSPS) is 10.3. The fourth-order valence-electron chi connectivity index (χ4n) is 0.430. The summed E-state index contributed by atoms with van der Waals surface area (Å²) in [6.45, 7) is 12.0. The van der Waals surface area contributed by atoms with E-state index < -0.39 is 6.43 Å². The van der Waals surface area contributed by atoms with E-state index in [0.29, 0.717) is 5.57 Å². The average molecular weight is 175 g/mol. The predicted molar refractivity (Wildman–Crippen MR) is 49.8 cm³/mol. The highest BCUT2D eigenvalue weighted by Crippen LogP contribution is 2.10. The molecule has 12 heavy (non-hydrogen) atoms. The molecule has 0 N–H and O–H groups in total. The largest absolute Gasteiger partial charge is 0.280 e. The molecule has 0 amide bonds. The van der Waals surface area contributed by atoms with E-state index in [2.05, 4.69) is 18.3 Å². The molecule has 0 unspecified atom stereocenters. The van der Waals surface area contributed by atoms with Crippen molar-refractivity contribution in [1.29, 1.82) is 0 Å². The van der Waals surface area contributed by atoms with Crippen LogP contribution in [-0.4, -0.2) is 13.1 Å². The number of alkyl halides is 2. The van der Waals surface area contributed by atoms with Crippen LogP contribution >= 0.6 is 0 Å². The first-order valence-electron chi connectivity index (χ1n) is 3.70. The van der Waals surface area contributed by atoms with Crippen molar-refractivity contribution in [2.45, 2.75) is 27.2 Å². The number of hydrogen-bond acceptors (Lipinski definition) is 1. The molecule has 0 rings (SSSR count). The minimum absolute atomic E-state index is 0.326. The summed E-state index contributed by atoms with van der Waals surface area (Å²) in [7, 11) is 0. The molecule has 0 saturated heterocycles. The first-order chi connectivity index (χ1) is 5.57. The maximum Gasteiger partial charge on any atom is 0.280 e. The maximum absolute atomic E-state index is 11.8. The Hall–Kier alpha value is -0.990. The van der Waals surface area contributed by atoms with E-state index in [-0.39, 0.29) is 5.70 Å². The average Bonchev–Trinajstić information content (AvgIpc) is 2.03. The van der Waals surface area contributed by atoms with Crippen LogP contribution in [0.5, 0.6) is 0 Å². The summed E-state index contributed by atoms with van der Waals surface area (Å²) < 4.78 is 23.6. The number of hydrogen-bond donors (Lipinski definition) is 0. The summed E-state index contributed by atoms with van der Waals surface area (Å²) in [6.07, 6.45) is -1.35. The zero-order valence-electron chi connectivity index (χ0n) is 7.77. The Morgan fingerprint density at radius 2 is 1.83 bits per heavy atom. The SMILES string of the molecule is C=N/C(=C\C(=C)C)C(F)F.CC. The summed E-state index contributed by atoms with van der Waals surface area (Å²) in [5, 5.41) is 0. The van der Waals surface area contributed by atoms with Crippen LogP contribution in [0.15, 0.2) is 28.9 Å². The number of nitrogens with zero attached hydrogens (tertiary/aromatic N) is 1. The summed E-state index contributed by atoms with van der Waals surface area (Å²) in [4.78, 5) is 3.13. The summed E-state index contributed by atoms with van der Waals surface area (Å²) >= 11 is 0. The molecule has 0 saturated carbocycles. The van der Waals surface area contributed by atoms with E-state index >= 15 is 0 Å². The van der Waals surface area contributed by atoms with Crippen molar-refractivity contribution in [3.8, 4) is 0 Å². The lowest BCUT2D eigenvalue weighted by Gasteiger charge is -1.96. The van der Waals surface area contributed by atoms with Crippen LogP contribution in [0, 0.1) is 0 Å². The lowest BCUT2D eigenvalue weighted by Crippen LogP contribution is -1.92. The van der Waals surface area contributed by atoms with Gasteiger partial charge in [-0.2, -0.15) is 0 Å². The van der Waals surface area contributed by atoms with Crippen LogP contribution in [0.3, 0.4) is 0 Å². The molecular weight excluding hydrogens is 160 g/mol. The van der Waals surface area contributed by atoms with Crippen molar-refractivity contribution < 1.29 is 8.78 Å². The lowest BCUT2D eigenvalue weighted by molar-refractivity contribution is 0.188. The molecule has 0 radical (unpaired) electrons. The monoisotopic (exact) mass is 175 g/mol. The van der Waals surface area contributed by atoms with E-state index in [1.165, 1.54) is 6.08 Å². The van der Waals surface area contributed by atoms with E-state index in [0.717, 1.165) is 0 Å². The quantitative estimate of drug-likeness (QED) is 0.460. The predicted octanol–water partition coefficient (Wildman–Crippen LogP) is 3.44. The van der Waals surface area contributed by atoms with Crippen molar-refractivity contribution >= 4 is 6.72 Å². The van der Waals surface area contributed by atoms with Crippen LogP contribution in [0.4, 0.5) is 8.78 Å². The van der Waals surface area contributed by atoms with E-state index in [4.69, 9.17) is 0 Å². The Labute approximate surface area is 72.5 Å². The first kappa shape index (κ1) is 13.6. The van der Waals surface area contributed by atoms with E-state index in [9.17, 15) is 8.78 Å². The molecule has 0 spiro atoms. The van der Waals surface area contributed by atoms with Gasteiger partial charge in [0.05, 0.1) is 0 Å². The molecule has 0 fully saturated rings. The van der Waals surface area contributed by atoms with Gasteiger partial charge in [-0.25, -0.2) is 8.78 Å². The minimum Gasteiger partial charge on any atom is -0.263 e. The summed E-state index contributed by atoms with van der Waals surface area (Å²) in [5.41, 5.74) is 0.218. The van der Waals surface area contributed by atoms with Gasteiger partial charge in [0.25, 0.3) is 6.43 Å². The Balaban J connectivity index is 0. The van der Waals surface area contributed by atoms with Gasteiger partial charge in [0.1, 0.15) is 5.70 Å². The summed E-state index contributed by atoms with van der Waals surface area (Å²) in [6, 6.07) is 0. The summed E-state index contributed by atoms with van der Waals surface area (Å²) in [5.74, 6) is 0.